The Morgan fingerprint density at radius 3 is 2.62 bits per heavy atom. The highest BCUT2D eigenvalue weighted by molar-refractivity contribution is 5.94. The molecule has 0 radical (unpaired) electrons. The maximum atomic E-state index is 13.4. The van der Waals surface area contributed by atoms with Crippen LogP contribution in [0.4, 0.5) is 8.78 Å². The summed E-state index contributed by atoms with van der Waals surface area (Å²) in [5.74, 6) is -0.550. The zero-order valence-corrected chi connectivity index (χ0v) is 17.7. The lowest BCUT2D eigenvalue weighted by atomic mass is 10.1. The minimum atomic E-state index is -0.687. The summed E-state index contributed by atoms with van der Waals surface area (Å²) in [4.78, 5) is 17.0. The van der Waals surface area contributed by atoms with Gasteiger partial charge in [-0.2, -0.15) is 5.10 Å². The van der Waals surface area contributed by atoms with Crippen LogP contribution in [0, 0.1) is 18.6 Å². The van der Waals surface area contributed by atoms with Crippen molar-refractivity contribution < 1.29 is 18.3 Å². The molecule has 2 heterocycles. The summed E-state index contributed by atoms with van der Waals surface area (Å²) in [6, 6.07) is 11.9. The van der Waals surface area contributed by atoms with Crippen LogP contribution in [0.5, 0.6) is 11.5 Å². The third-order valence-electron chi connectivity index (χ3n) is 4.96. The molecule has 1 aromatic heterocycles. The van der Waals surface area contributed by atoms with Crippen molar-refractivity contribution >= 4 is 12.1 Å². The van der Waals surface area contributed by atoms with Gasteiger partial charge in [-0.25, -0.2) is 8.78 Å². The van der Waals surface area contributed by atoms with E-state index in [0.717, 1.165) is 23.9 Å². The second-order valence-electron chi connectivity index (χ2n) is 7.72. The zero-order chi connectivity index (χ0) is 22.7. The fraction of sp³-hybridized carbons (Fsp3) is 0.208. The monoisotopic (exact) mass is 436 g/mol. The standard InChI is InChI=1S/C24H22F2N4O2/c1-15-5-17(24(31)28-12-16-7-19(25)10-20(26)8-16)9-22(6-15)32-21-3-4-27-23(11-21)18-13-29-30(2)14-18/h3-11,13,18H,12,14H2,1-2H3,(H,28,31). The van der Waals surface area contributed by atoms with E-state index in [2.05, 4.69) is 15.4 Å². The number of nitrogens with one attached hydrogen (secondary N) is 1. The average molecular weight is 436 g/mol. The number of aryl methyl sites for hydroxylation is 1. The molecule has 0 spiro atoms. The lowest BCUT2D eigenvalue weighted by Crippen LogP contribution is -2.23. The number of hydrogen-bond acceptors (Lipinski definition) is 5. The Hall–Kier alpha value is -3.81. The van der Waals surface area contributed by atoms with Gasteiger partial charge >= 0.3 is 0 Å². The van der Waals surface area contributed by atoms with Gasteiger partial charge in [-0.1, -0.05) is 0 Å². The molecule has 0 saturated carbocycles. The summed E-state index contributed by atoms with van der Waals surface area (Å²) in [6.45, 7) is 2.61. The van der Waals surface area contributed by atoms with E-state index in [1.807, 2.05) is 37.3 Å². The van der Waals surface area contributed by atoms with Gasteiger partial charge in [-0.15, -0.1) is 0 Å². The van der Waals surface area contributed by atoms with Crippen molar-refractivity contribution in [1.29, 1.82) is 0 Å². The molecule has 4 rings (SSSR count). The van der Waals surface area contributed by atoms with Crippen molar-refractivity contribution in [3.63, 3.8) is 0 Å². The number of halogens is 2. The number of carbonyl (C=O) groups excluding carboxylic acids is 1. The predicted molar refractivity (Wildman–Crippen MR) is 117 cm³/mol. The van der Waals surface area contributed by atoms with Crippen LogP contribution in [0.25, 0.3) is 0 Å². The van der Waals surface area contributed by atoms with Gasteiger partial charge < -0.3 is 10.1 Å². The van der Waals surface area contributed by atoms with Gasteiger partial charge in [-0.3, -0.25) is 14.8 Å². The summed E-state index contributed by atoms with van der Waals surface area (Å²) >= 11 is 0. The van der Waals surface area contributed by atoms with Gasteiger partial charge in [0.2, 0.25) is 0 Å². The molecule has 1 amide bonds. The van der Waals surface area contributed by atoms with E-state index in [4.69, 9.17) is 4.74 Å². The second kappa shape index (κ2) is 9.13. The molecular formula is C24H22F2N4O2. The molecule has 6 nitrogen and oxygen atoms in total. The average Bonchev–Trinajstić information content (AvgIpc) is 3.17. The van der Waals surface area contributed by atoms with Gasteiger partial charge in [0.1, 0.15) is 23.1 Å². The first-order chi connectivity index (χ1) is 15.4. The van der Waals surface area contributed by atoms with Gasteiger partial charge in [0, 0.05) is 50.2 Å². The number of pyridine rings is 1. The number of amides is 1. The summed E-state index contributed by atoms with van der Waals surface area (Å²) in [6.07, 6.45) is 3.53. The van der Waals surface area contributed by atoms with Crippen LogP contribution >= 0.6 is 0 Å². The molecule has 1 aliphatic heterocycles. The Morgan fingerprint density at radius 2 is 1.91 bits per heavy atom. The van der Waals surface area contributed by atoms with Crippen LogP contribution in [-0.4, -0.2) is 35.7 Å². The Balaban J connectivity index is 1.46. The Kier molecular flexibility index (Phi) is 6.11. The smallest absolute Gasteiger partial charge is 0.251 e. The third-order valence-corrected chi connectivity index (χ3v) is 4.96. The molecule has 1 unspecified atom stereocenters. The molecule has 32 heavy (non-hydrogen) atoms. The van der Waals surface area contributed by atoms with Gasteiger partial charge in [0.05, 0.1) is 11.6 Å². The molecule has 1 aliphatic rings. The van der Waals surface area contributed by atoms with Crippen molar-refractivity contribution in [1.82, 2.24) is 15.3 Å². The van der Waals surface area contributed by atoms with E-state index in [1.165, 1.54) is 12.1 Å². The maximum absolute atomic E-state index is 13.4. The number of ether oxygens (including phenoxy) is 1. The fourth-order valence-corrected chi connectivity index (χ4v) is 3.51. The summed E-state index contributed by atoms with van der Waals surface area (Å²) in [5, 5.41) is 8.77. The molecule has 0 saturated heterocycles. The number of benzene rings is 2. The highest BCUT2D eigenvalue weighted by atomic mass is 19.1. The topological polar surface area (TPSA) is 66.8 Å². The molecule has 0 bridgehead atoms. The molecular weight excluding hydrogens is 414 g/mol. The SMILES string of the molecule is Cc1cc(Oc2ccnc(C3C=NN(C)C3)c2)cc(C(=O)NCc2cc(F)cc(F)c2)c1. The number of hydrazone groups is 1. The number of hydrogen-bond donors (Lipinski definition) is 1. The third kappa shape index (κ3) is 5.26. The van der Waals surface area contributed by atoms with Crippen LogP contribution in [-0.2, 0) is 6.54 Å². The number of likely N-dealkylation sites (N-methyl/N-ethyl adjacent to an activating group) is 1. The van der Waals surface area contributed by atoms with Crippen molar-refractivity contribution in [3.05, 3.63) is 88.7 Å². The lowest BCUT2D eigenvalue weighted by molar-refractivity contribution is 0.0950. The molecule has 0 fully saturated rings. The van der Waals surface area contributed by atoms with Crippen molar-refractivity contribution in [3.8, 4) is 11.5 Å². The molecule has 0 aliphatic carbocycles. The van der Waals surface area contributed by atoms with E-state index in [9.17, 15) is 13.6 Å². The Labute approximate surface area is 184 Å². The van der Waals surface area contributed by atoms with E-state index in [-0.39, 0.29) is 18.4 Å². The normalized spacial score (nSPS) is 15.1. The predicted octanol–water partition coefficient (Wildman–Crippen LogP) is 4.41. The van der Waals surface area contributed by atoms with Crippen molar-refractivity contribution in [2.45, 2.75) is 19.4 Å². The maximum Gasteiger partial charge on any atom is 0.251 e. The first kappa shape index (κ1) is 21.4. The van der Waals surface area contributed by atoms with Gasteiger partial charge in [0.15, 0.2) is 0 Å². The highest BCUT2D eigenvalue weighted by Gasteiger charge is 2.18. The quantitative estimate of drug-likeness (QED) is 0.622. The van der Waals surface area contributed by atoms with Crippen LogP contribution in [0.15, 0.2) is 59.8 Å². The molecule has 1 atom stereocenters. The van der Waals surface area contributed by atoms with Gasteiger partial charge in [0.25, 0.3) is 5.91 Å². The minimum absolute atomic E-state index is 0.00273. The van der Waals surface area contributed by atoms with E-state index < -0.39 is 11.6 Å². The Morgan fingerprint density at radius 1 is 1.12 bits per heavy atom. The molecule has 8 heteroatoms. The van der Waals surface area contributed by atoms with Crippen LogP contribution in [0.2, 0.25) is 0 Å². The molecule has 164 valence electrons. The number of carbonyl (C=O) groups is 1. The highest BCUT2D eigenvalue weighted by Crippen LogP contribution is 2.27. The first-order valence-corrected chi connectivity index (χ1v) is 10.1. The second-order valence-corrected chi connectivity index (χ2v) is 7.72. The number of nitrogens with zero attached hydrogens (tertiary/aromatic N) is 3. The van der Waals surface area contributed by atoms with Gasteiger partial charge in [-0.05, 0) is 54.4 Å². The van der Waals surface area contributed by atoms with Crippen LogP contribution in [0.3, 0.4) is 0 Å². The minimum Gasteiger partial charge on any atom is -0.457 e. The van der Waals surface area contributed by atoms with E-state index in [0.29, 0.717) is 22.6 Å². The molecule has 1 N–H and O–H groups in total. The van der Waals surface area contributed by atoms with E-state index in [1.54, 1.807) is 24.4 Å². The summed E-state index contributed by atoms with van der Waals surface area (Å²) < 4.78 is 32.7. The van der Waals surface area contributed by atoms with Crippen LogP contribution < -0.4 is 10.1 Å². The number of rotatable bonds is 6. The largest absolute Gasteiger partial charge is 0.457 e. The van der Waals surface area contributed by atoms with E-state index >= 15 is 0 Å². The van der Waals surface area contributed by atoms with Crippen molar-refractivity contribution in [2.24, 2.45) is 5.10 Å². The summed E-state index contributed by atoms with van der Waals surface area (Å²) in [5.41, 5.74) is 2.41. The lowest BCUT2D eigenvalue weighted by Gasteiger charge is -2.13. The summed E-state index contributed by atoms with van der Waals surface area (Å²) in [7, 11) is 1.90. The fourth-order valence-electron chi connectivity index (χ4n) is 3.51. The first-order valence-electron chi connectivity index (χ1n) is 10.1. The van der Waals surface area contributed by atoms with Crippen molar-refractivity contribution in [2.75, 3.05) is 13.6 Å². The zero-order valence-electron chi connectivity index (χ0n) is 17.7. The Bertz CT molecular complexity index is 1160. The molecule has 2 aromatic carbocycles. The van der Waals surface area contributed by atoms with Crippen LogP contribution in [0.1, 0.15) is 33.1 Å². The number of aromatic nitrogens is 1. The molecule has 3 aromatic rings.